The largest absolute Gasteiger partial charge is 0.305 e. The Balaban J connectivity index is 3.00. The second kappa shape index (κ2) is 5.11. The van der Waals surface area contributed by atoms with Crippen molar-refractivity contribution in [1.82, 2.24) is 5.32 Å². The van der Waals surface area contributed by atoms with Crippen LogP contribution in [-0.4, -0.2) is 13.0 Å². The molecule has 1 aromatic rings. The second-order valence-electron chi connectivity index (χ2n) is 3.04. The van der Waals surface area contributed by atoms with Crippen LogP contribution in [0.5, 0.6) is 0 Å². The van der Waals surface area contributed by atoms with Crippen LogP contribution in [0.4, 0.5) is 17.6 Å². The first-order valence-electron chi connectivity index (χ1n) is 4.52. The molecule has 0 aliphatic carbocycles. The lowest BCUT2D eigenvalue weighted by atomic mass is 10.1. The van der Waals surface area contributed by atoms with Crippen LogP contribution in [-0.2, 0) is 0 Å². The van der Waals surface area contributed by atoms with Gasteiger partial charge in [0.1, 0.15) is 11.6 Å². The van der Waals surface area contributed by atoms with E-state index < -0.39 is 24.1 Å². The van der Waals surface area contributed by atoms with E-state index in [1.165, 1.54) is 0 Å². The van der Waals surface area contributed by atoms with Crippen LogP contribution >= 0.6 is 0 Å². The SMILES string of the molecule is CCNC(c1ccc(F)cc1F)C(F)F. The fourth-order valence-electron chi connectivity index (χ4n) is 1.31. The summed E-state index contributed by atoms with van der Waals surface area (Å²) in [4.78, 5) is 0. The molecule has 0 fully saturated rings. The Morgan fingerprint density at radius 2 is 1.93 bits per heavy atom. The van der Waals surface area contributed by atoms with Crippen molar-refractivity contribution >= 4 is 0 Å². The van der Waals surface area contributed by atoms with Gasteiger partial charge in [0.25, 0.3) is 6.43 Å². The lowest BCUT2D eigenvalue weighted by Gasteiger charge is -2.17. The second-order valence-corrected chi connectivity index (χ2v) is 3.04. The molecule has 1 nitrogen and oxygen atoms in total. The quantitative estimate of drug-likeness (QED) is 0.771. The van der Waals surface area contributed by atoms with Crippen LogP contribution in [0, 0.1) is 11.6 Å². The molecule has 0 spiro atoms. The molecule has 0 saturated heterocycles. The highest BCUT2D eigenvalue weighted by Crippen LogP contribution is 2.23. The van der Waals surface area contributed by atoms with Crippen molar-refractivity contribution < 1.29 is 17.6 Å². The zero-order valence-corrected chi connectivity index (χ0v) is 8.11. The van der Waals surface area contributed by atoms with E-state index in [4.69, 9.17) is 0 Å². The smallest absolute Gasteiger partial charge is 0.257 e. The summed E-state index contributed by atoms with van der Waals surface area (Å²) in [5.41, 5.74) is -0.215. The molecule has 0 amide bonds. The average Bonchev–Trinajstić information content (AvgIpc) is 2.15. The third-order valence-corrected chi connectivity index (χ3v) is 1.97. The van der Waals surface area contributed by atoms with E-state index in [9.17, 15) is 17.6 Å². The Labute approximate surface area is 85.1 Å². The van der Waals surface area contributed by atoms with Crippen LogP contribution in [0.2, 0.25) is 0 Å². The highest BCUT2D eigenvalue weighted by molar-refractivity contribution is 5.22. The molecule has 0 radical (unpaired) electrons. The number of halogens is 4. The number of alkyl halides is 2. The van der Waals surface area contributed by atoms with Gasteiger partial charge in [-0.3, -0.25) is 0 Å². The van der Waals surface area contributed by atoms with Crippen molar-refractivity contribution in [3.63, 3.8) is 0 Å². The summed E-state index contributed by atoms with van der Waals surface area (Å²) in [5, 5.41) is 2.45. The van der Waals surface area contributed by atoms with Gasteiger partial charge in [-0.1, -0.05) is 13.0 Å². The molecule has 1 atom stereocenters. The molecule has 84 valence electrons. The van der Waals surface area contributed by atoms with Gasteiger partial charge in [-0.25, -0.2) is 17.6 Å². The third-order valence-electron chi connectivity index (χ3n) is 1.97. The highest BCUT2D eigenvalue weighted by atomic mass is 19.3. The monoisotopic (exact) mass is 221 g/mol. The Bertz CT molecular complexity index is 327. The lowest BCUT2D eigenvalue weighted by Crippen LogP contribution is -2.28. The number of hydrogen-bond donors (Lipinski definition) is 1. The van der Waals surface area contributed by atoms with Gasteiger partial charge < -0.3 is 5.32 Å². The molecule has 15 heavy (non-hydrogen) atoms. The van der Waals surface area contributed by atoms with Crippen molar-refractivity contribution in [2.75, 3.05) is 6.54 Å². The van der Waals surface area contributed by atoms with Crippen molar-refractivity contribution in [2.24, 2.45) is 0 Å². The number of rotatable bonds is 4. The normalized spacial score (nSPS) is 13.2. The molecule has 1 rings (SSSR count). The fraction of sp³-hybridized carbons (Fsp3) is 0.400. The summed E-state index contributed by atoms with van der Waals surface area (Å²) >= 11 is 0. The van der Waals surface area contributed by atoms with Gasteiger partial charge in [0.05, 0.1) is 6.04 Å². The topological polar surface area (TPSA) is 12.0 Å². The maximum Gasteiger partial charge on any atom is 0.257 e. The van der Waals surface area contributed by atoms with Crippen LogP contribution in [0.25, 0.3) is 0 Å². The average molecular weight is 221 g/mol. The van der Waals surface area contributed by atoms with Crippen molar-refractivity contribution in [3.8, 4) is 0 Å². The standard InChI is InChI=1S/C10H11F4N/c1-2-15-9(10(13)14)7-4-3-6(11)5-8(7)12/h3-5,9-10,15H,2H2,1H3. The first kappa shape index (κ1) is 12.0. The zero-order chi connectivity index (χ0) is 11.4. The van der Waals surface area contributed by atoms with E-state index in [2.05, 4.69) is 5.32 Å². The van der Waals surface area contributed by atoms with Gasteiger partial charge in [0.15, 0.2) is 0 Å². The summed E-state index contributed by atoms with van der Waals surface area (Å²) in [6.45, 7) is 1.92. The molecular formula is C10H11F4N. The van der Waals surface area contributed by atoms with E-state index in [0.717, 1.165) is 12.1 Å². The summed E-state index contributed by atoms with van der Waals surface area (Å²) in [5.74, 6) is -1.73. The molecule has 5 heteroatoms. The minimum Gasteiger partial charge on any atom is -0.305 e. The number of benzene rings is 1. The number of hydrogen-bond acceptors (Lipinski definition) is 1. The molecule has 0 saturated carbocycles. The van der Waals surface area contributed by atoms with E-state index >= 15 is 0 Å². The van der Waals surface area contributed by atoms with E-state index in [0.29, 0.717) is 6.07 Å². The van der Waals surface area contributed by atoms with Gasteiger partial charge in [0.2, 0.25) is 0 Å². The maximum atomic E-state index is 13.2. The van der Waals surface area contributed by atoms with Crippen LogP contribution < -0.4 is 5.32 Å². The van der Waals surface area contributed by atoms with Crippen molar-refractivity contribution in [1.29, 1.82) is 0 Å². The third kappa shape index (κ3) is 2.92. The van der Waals surface area contributed by atoms with E-state index in [1.807, 2.05) is 0 Å². The molecule has 0 aliphatic rings. The van der Waals surface area contributed by atoms with E-state index in [1.54, 1.807) is 6.92 Å². The predicted molar refractivity (Wildman–Crippen MR) is 48.8 cm³/mol. The fourth-order valence-corrected chi connectivity index (χ4v) is 1.31. The number of nitrogens with one attached hydrogen (secondary N) is 1. The predicted octanol–water partition coefficient (Wildman–Crippen LogP) is 2.88. The van der Waals surface area contributed by atoms with Crippen molar-refractivity contribution in [3.05, 3.63) is 35.4 Å². The first-order valence-corrected chi connectivity index (χ1v) is 4.52. The van der Waals surface area contributed by atoms with Gasteiger partial charge in [-0.2, -0.15) is 0 Å². The summed E-state index contributed by atoms with van der Waals surface area (Å²) < 4.78 is 50.8. The van der Waals surface area contributed by atoms with Crippen LogP contribution in [0.1, 0.15) is 18.5 Å². The molecule has 1 aromatic carbocycles. The molecule has 0 heterocycles. The molecule has 1 N–H and O–H groups in total. The highest BCUT2D eigenvalue weighted by Gasteiger charge is 2.24. The van der Waals surface area contributed by atoms with Gasteiger partial charge in [0, 0.05) is 11.6 Å². The zero-order valence-electron chi connectivity index (χ0n) is 8.11. The van der Waals surface area contributed by atoms with Crippen LogP contribution in [0.3, 0.4) is 0 Å². The molecule has 1 unspecified atom stereocenters. The Morgan fingerprint density at radius 3 is 2.40 bits per heavy atom. The maximum absolute atomic E-state index is 13.2. The minimum absolute atomic E-state index is 0.215. The Kier molecular flexibility index (Phi) is 4.08. The van der Waals surface area contributed by atoms with Gasteiger partial charge in [-0.15, -0.1) is 0 Å². The van der Waals surface area contributed by atoms with Crippen molar-refractivity contribution in [2.45, 2.75) is 19.4 Å². The molecule has 0 bridgehead atoms. The molecule has 0 aromatic heterocycles. The Morgan fingerprint density at radius 1 is 1.27 bits per heavy atom. The van der Waals surface area contributed by atoms with Gasteiger partial charge in [-0.05, 0) is 12.6 Å². The summed E-state index contributed by atoms with van der Waals surface area (Å²) in [7, 11) is 0. The minimum atomic E-state index is -2.73. The lowest BCUT2D eigenvalue weighted by molar-refractivity contribution is 0.0975. The molecular weight excluding hydrogens is 210 g/mol. The van der Waals surface area contributed by atoms with E-state index in [-0.39, 0.29) is 12.1 Å². The van der Waals surface area contributed by atoms with Crippen LogP contribution in [0.15, 0.2) is 18.2 Å². The first-order chi connectivity index (χ1) is 7.06. The Hall–Kier alpha value is -1.10. The summed E-state index contributed by atoms with van der Waals surface area (Å²) in [6, 6.07) is 1.20. The molecule has 0 aliphatic heterocycles. The summed E-state index contributed by atoms with van der Waals surface area (Å²) in [6.07, 6.45) is -2.73. The van der Waals surface area contributed by atoms with Gasteiger partial charge >= 0.3 is 0 Å².